The van der Waals surface area contributed by atoms with E-state index in [-0.39, 0.29) is 24.4 Å². The third kappa shape index (κ3) is 5.71. The quantitative estimate of drug-likeness (QED) is 0.625. The summed E-state index contributed by atoms with van der Waals surface area (Å²) in [6, 6.07) is 10.5. The molecule has 1 atom stereocenters. The fourth-order valence-corrected chi connectivity index (χ4v) is 2.30. The summed E-state index contributed by atoms with van der Waals surface area (Å²) in [4.78, 5) is 24.5. The van der Waals surface area contributed by atoms with Gasteiger partial charge in [-0.25, -0.2) is 4.79 Å². The van der Waals surface area contributed by atoms with Gasteiger partial charge in [0.15, 0.2) is 6.10 Å². The fourth-order valence-electron chi connectivity index (χ4n) is 2.30. The molecule has 0 spiro atoms. The molecule has 0 saturated heterocycles. The molecule has 150 valence electrons. The lowest BCUT2D eigenvalue weighted by atomic mass is 10.1. The fraction of sp³-hybridized carbons (Fsp3) is 0.263. The number of aliphatic hydroxyl groups excluding tert-OH is 1. The Kier molecular flexibility index (Phi) is 7.00. The van der Waals surface area contributed by atoms with E-state index in [4.69, 9.17) is 9.84 Å². The molecule has 0 aliphatic carbocycles. The molecule has 2 rings (SSSR count). The van der Waals surface area contributed by atoms with E-state index in [2.05, 4.69) is 10.6 Å². The van der Waals surface area contributed by atoms with E-state index in [1.807, 2.05) is 0 Å². The number of carbonyl (C=O) groups excluding carboxylic acids is 2. The number of esters is 1. The molecule has 3 N–H and O–H groups in total. The van der Waals surface area contributed by atoms with Gasteiger partial charge in [-0.05, 0) is 37.3 Å². The van der Waals surface area contributed by atoms with Crippen molar-refractivity contribution in [1.82, 2.24) is 0 Å². The van der Waals surface area contributed by atoms with Crippen LogP contribution in [0.3, 0.4) is 0 Å². The van der Waals surface area contributed by atoms with E-state index in [1.54, 1.807) is 18.2 Å². The molecule has 0 unspecified atom stereocenters. The number of carbonyl (C=O) groups is 2. The molecular weight excluding hydrogens is 377 g/mol. The number of rotatable bonds is 7. The minimum Gasteiger partial charge on any atom is -0.449 e. The molecule has 0 heterocycles. The van der Waals surface area contributed by atoms with E-state index in [9.17, 15) is 22.8 Å². The van der Waals surface area contributed by atoms with Gasteiger partial charge in [-0.3, -0.25) is 4.79 Å². The summed E-state index contributed by atoms with van der Waals surface area (Å²) in [6.07, 6.45) is -5.78. The molecule has 0 aliphatic heterocycles. The average molecular weight is 396 g/mol. The van der Waals surface area contributed by atoms with Gasteiger partial charge in [-0.15, -0.1) is 0 Å². The molecule has 0 aliphatic rings. The summed E-state index contributed by atoms with van der Waals surface area (Å²) in [5.41, 5.74) is -0.381. The number of hydrogen-bond donors (Lipinski definition) is 3. The molecule has 0 saturated carbocycles. The third-order valence-electron chi connectivity index (χ3n) is 3.68. The Balaban J connectivity index is 2.04. The predicted octanol–water partition coefficient (Wildman–Crippen LogP) is 3.29. The van der Waals surface area contributed by atoms with Crippen LogP contribution >= 0.6 is 0 Å². The molecule has 0 bridgehead atoms. The van der Waals surface area contributed by atoms with Crippen molar-refractivity contribution in [2.24, 2.45) is 0 Å². The minimum atomic E-state index is -4.54. The number of para-hydroxylation sites is 1. The zero-order valence-electron chi connectivity index (χ0n) is 14.9. The summed E-state index contributed by atoms with van der Waals surface area (Å²) >= 11 is 0. The molecule has 0 radical (unpaired) electrons. The van der Waals surface area contributed by atoms with Crippen LogP contribution in [0.1, 0.15) is 22.8 Å². The van der Waals surface area contributed by atoms with Gasteiger partial charge in [0.1, 0.15) is 0 Å². The van der Waals surface area contributed by atoms with E-state index >= 15 is 0 Å². The summed E-state index contributed by atoms with van der Waals surface area (Å²) < 4.78 is 43.4. The number of hydrogen-bond acceptors (Lipinski definition) is 5. The van der Waals surface area contributed by atoms with E-state index in [1.165, 1.54) is 19.1 Å². The third-order valence-corrected chi connectivity index (χ3v) is 3.68. The van der Waals surface area contributed by atoms with Gasteiger partial charge in [-0.2, -0.15) is 13.2 Å². The Morgan fingerprint density at radius 1 is 1.14 bits per heavy atom. The SMILES string of the molecule is C[C@@H](OC(=O)c1ccccc1NCCO)C(=O)Nc1cccc(C(F)(F)F)c1. The topological polar surface area (TPSA) is 87.7 Å². The Morgan fingerprint density at radius 2 is 1.86 bits per heavy atom. The zero-order chi connectivity index (χ0) is 20.7. The number of benzene rings is 2. The van der Waals surface area contributed by atoms with Crippen LogP contribution in [0, 0.1) is 0 Å². The number of anilines is 2. The first-order valence-corrected chi connectivity index (χ1v) is 8.35. The van der Waals surface area contributed by atoms with Crippen molar-refractivity contribution in [3.05, 3.63) is 59.7 Å². The van der Waals surface area contributed by atoms with Crippen LogP contribution in [-0.4, -0.2) is 36.2 Å². The summed E-state index contributed by atoms with van der Waals surface area (Å²) in [5, 5.41) is 14.0. The maximum Gasteiger partial charge on any atom is 0.416 e. The molecule has 9 heteroatoms. The Bertz CT molecular complexity index is 840. The number of nitrogens with one attached hydrogen (secondary N) is 2. The second-order valence-corrected chi connectivity index (χ2v) is 5.81. The standard InChI is InChI=1S/C19H19F3N2O4/c1-12(17(26)24-14-6-4-5-13(11-14)19(20,21)22)28-18(27)15-7-2-3-8-16(15)23-9-10-25/h2-8,11-12,23,25H,9-10H2,1H3,(H,24,26)/t12-/m1/s1. The summed E-state index contributed by atoms with van der Waals surface area (Å²) in [6.45, 7) is 1.39. The molecule has 28 heavy (non-hydrogen) atoms. The number of halogens is 3. The first-order chi connectivity index (χ1) is 13.2. The van der Waals surface area contributed by atoms with Gasteiger partial charge >= 0.3 is 12.1 Å². The maximum absolute atomic E-state index is 12.7. The van der Waals surface area contributed by atoms with Crippen molar-refractivity contribution in [2.45, 2.75) is 19.2 Å². The van der Waals surface area contributed by atoms with Crippen LogP contribution in [0.25, 0.3) is 0 Å². The average Bonchev–Trinajstić information content (AvgIpc) is 2.66. The van der Waals surface area contributed by atoms with Gasteiger partial charge in [0.05, 0.1) is 17.7 Å². The van der Waals surface area contributed by atoms with Crippen LogP contribution in [0.4, 0.5) is 24.5 Å². The second kappa shape index (κ2) is 9.23. The van der Waals surface area contributed by atoms with Crippen molar-refractivity contribution in [3.8, 4) is 0 Å². The minimum absolute atomic E-state index is 0.0623. The van der Waals surface area contributed by atoms with Crippen molar-refractivity contribution < 1.29 is 32.6 Å². The lowest BCUT2D eigenvalue weighted by Crippen LogP contribution is -2.30. The van der Waals surface area contributed by atoms with Crippen molar-refractivity contribution in [3.63, 3.8) is 0 Å². The lowest BCUT2D eigenvalue weighted by Gasteiger charge is -2.16. The van der Waals surface area contributed by atoms with Crippen LogP contribution in [-0.2, 0) is 15.7 Å². The second-order valence-electron chi connectivity index (χ2n) is 5.81. The normalized spacial score (nSPS) is 12.2. The number of aliphatic hydroxyl groups is 1. The van der Waals surface area contributed by atoms with Crippen LogP contribution in [0.15, 0.2) is 48.5 Å². The number of alkyl halides is 3. The molecular formula is C19H19F3N2O4. The van der Waals surface area contributed by atoms with Gasteiger partial charge < -0.3 is 20.5 Å². The van der Waals surface area contributed by atoms with Gasteiger partial charge in [0.2, 0.25) is 0 Å². The highest BCUT2D eigenvalue weighted by atomic mass is 19.4. The highest BCUT2D eigenvalue weighted by Crippen LogP contribution is 2.30. The molecule has 1 amide bonds. The van der Waals surface area contributed by atoms with E-state index < -0.39 is 29.7 Å². The van der Waals surface area contributed by atoms with Crippen LogP contribution < -0.4 is 10.6 Å². The first kappa shape index (κ1) is 21.2. The summed E-state index contributed by atoms with van der Waals surface area (Å²) in [7, 11) is 0. The van der Waals surface area contributed by atoms with Crippen LogP contribution in [0.2, 0.25) is 0 Å². The molecule has 6 nitrogen and oxygen atoms in total. The highest BCUT2D eigenvalue weighted by molar-refractivity contribution is 5.99. The highest BCUT2D eigenvalue weighted by Gasteiger charge is 2.30. The van der Waals surface area contributed by atoms with Gasteiger partial charge in [-0.1, -0.05) is 18.2 Å². The van der Waals surface area contributed by atoms with Crippen molar-refractivity contribution in [1.29, 1.82) is 0 Å². The van der Waals surface area contributed by atoms with Gasteiger partial charge in [0, 0.05) is 17.9 Å². The zero-order valence-corrected chi connectivity index (χ0v) is 14.9. The predicted molar refractivity (Wildman–Crippen MR) is 97.0 cm³/mol. The molecule has 0 aromatic heterocycles. The Morgan fingerprint density at radius 3 is 2.54 bits per heavy atom. The summed E-state index contributed by atoms with van der Waals surface area (Å²) in [5.74, 6) is -1.55. The van der Waals surface area contributed by atoms with E-state index in [0.29, 0.717) is 5.69 Å². The van der Waals surface area contributed by atoms with Crippen molar-refractivity contribution in [2.75, 3.05) is 23.8 Å². The van der Waals surface area contributed by atoms with E-state index in [0.717, 1.165) is 18.2 Å². The molecule has 2 aromatic rings. The smallest absolute Gasteiger partial charge is 0.416 e. The monoisotopic (exact) mass is 396 g/mol. The number of ether oxygens (including phenoxy) is 1. The molecule has 2 aromatic carbocycles. The first-order valence-electron chi connectivity index (χ1n) is 8.35. The van der Waals surface area contributed by atoms with Crippen molar-refractivity contribution >= 4 is 23.3 Å². The van der Waals surface area contributed by atoms with Gasteiger partial charge in [0.25, 0.3) is 5.91 Å². The largest absolute Gasteiger partial charge is 0.449 e. The maximum atomic E-state index is 12.7. The molecule has 0 fully saturated rings. The Labute approximate surface area is 159 Å². The lowest BCUT2D eigenvalue weighted by molar-refractivity contribution is -0.137. The van der Waals surface area contributed by atoms with Crippen LogP contribution in [0.5, 0.6) is 0 Å². The number of amides is 1. The Hall–Kier alpha value is -3.07.